The van der Waals surface area contributed by atoms with Crippen LogP contribution in [-0.2, 0) is 16.0 Å². The van der Waals surface area contributed by atoms with Crippen molar-refractivity contribution in [3.8, 4) is 22.8 Å². The summed E-state index contributed by atoms with van der Waals surface area (Å²) in [5.41, 5.74) is 5.96. The Bertz CT molecular complexity index is 1230. The van der Waals surface area contributed by atoms with E-state index in [0.29, 0.717) is 11.5 Å². The fourth-order valence-electron chi connectivity index (χ4n) is 4.60. The molecule has 0 spiro atoms. The van der Waals surface area contributed by atoms with Crippen molar-refractivity contribution in [3.05, 3.63) is 65.4 Å². The Morgan fingerprint density at radius 1 is 1.03 bits per heavy atom. The third kappa shape index (κ3) is 5.80. The van der Waals surface area contributed by atoms with Gasteiger partial charge in [-0.05, 0) is 76.5 Å². The van der Waals surface area contributed by atoms with Crippen molar-refractivity contribution in [1.29, 1.82) is 0 Å². The minimum absolute atomic E-state index is 0.0463. The molecule has 1 amide bonds. The molecule has 0 atom stereocenters. The minimum Gasteiger partial charge on any atom is -0.460 e. The monoisotopic (exact) mass is 496 g/mol. The van der Waals surface area contributed by atoms with Crippen LogP contribution in [0.15, 0.2) is 46.9 Å². The third-order valence-electron chi connectivity index (χ3n) is 6.36. The molecule has 0 unspecified atom stereocenters. The van der Waals surface area contributed by atoms with Gasteiger partial charge < -0.3 is 14.9 Å². The van der Waals surface area contributed by atoms with Crippen LogP contribution in [0.5, 0.6) is 0 Å². The van der Waals surface area contributed by atoms with E-state index in [1.165, 1.54) is 6.07 Å². The van der Waals surface area contributed by atoms with Gasteiger partial charge in [0.15, 0.2) is 11.5 Å². The lowest BCUT2D eigenvalue weighted by molar-refractivity contribution is -0.161. The summed E-state index contributed by atoms with van der Waals surface area (Å²) in [6.45, 7) is 5.64. The number of nitrogens with two attached hydrogens (primary N) is 1. The van der Waals surface area contributed by atoms with E-state index < -0.39 is 28.7 Å². The van der Waals surface area contributed by atoms with Gasteiger partial charge in [0, 0.05) is 5.56 Å². The number of benzene rings is 2. The number of hydrogen-bond acceptors (Lipinski definition) is 5. The molecule has 1 aromatic heterocycles. The first-order valence-corrected chi connectivity index (χ1v) is 12.1. The number of nitrogens with zero attached hydrogens (tertiary/aromatic N) is 1. The Morgan fingerprint density at radius 2 is 1.64 bits per heavy atom. The van der Waals surface area contributed by atoms with Crippen LogP contribution in [-0.4, -0.2) is 22.5 Å². The fraction of sp³-hybridized carbons (Fsp3) is 0.393. The fourth-order valence-corrected chi connectivity index (χ4v) is 4.60. The number of carbonyl (C=O) groups is 2. The lowest BCUT2D eigenvalue weighted by Crippen LogP contribution is -2.31. The molecular formula is C28H30F2N2O4. The van der Waals surface area contributed by atoms with E-state index in [1.807, 2.05) is 32.9 Å². The van der Waals surface area contributed by atoms with Crippen molar-refractivity contribution in [2.75, 3.05) is 0 Å². The van der Waals surface area contributed by atoms with Crippen LogP contribution in [0.2, 0.25) is 0 Å². The molecule has 0 aliphatic heterocycles. The molecule has 1 saturated carbocycles. The molecule has 2 N–H and O–H groups in total. The number of hydrogen-bond donors (Lipinski definition) is 1. The van der Waals surface area contributed by atoms with Gasteiger partial charge in [-0.25, -0.2) is 13.8 Å². The summed E-state index contributed by atoms with van der Waals surface area (Å²) in [4.78, 5) is 28.3. The lowest BCUT2D eigenvalue weighted by Gasteiger charge is -2.30. The zero-order valence-corrected chi connectivity index (χ0v) is 20.6. The van der Waals surface area contributed by atoms with Gasteiger partial charge in [0.1, 0.15) is 22.8 Å². The molecule has 190 valence electrons. The predicted molar refractivity (Wildman–Crippen MR) is 131 cm³/mol. The molecule has 3 aromatic rings. The van der Waals surface area contributed by atoms with Crippen molar-refractivity contribution in [1.82, 2.24) is 4.98 Å². The Morgan fingerprint density at radius 3 is 2.19 bits per heavy atom. The Balaban J connectivity index is 1.46. The number of amides is 1. The number of halogens is 2. The summed E-state index contributed by atoms with van der Waals surface area (Å²) in [6, 6.07) is 10.8. The highest BCUT2D eigenvalue weighted by Gasteiger charge is 2.30. The minimum atomic E-state index is -0.859. The number of ether oxygens (including phenoxy) is 1. The van der Waals surface area contributed by atoms with Crippen LogP contribution in [0, 0.1) is 23.5 Å². The summed E-state index contributed by atoms with van der Waals surface area (Å²) in [6.07, 6.45) is 4.36. The van der Waals surface area contributed by atoms with Crippen LogP contribution >= 0.6 is 0 Å². The molecule has 1 fully saturated rings. The SMILES string of the molecule is CC(C)(C)OC(=O)C1CCC(Cc2ccc(-c3oc(-c4c(F)cccc4F)nc3C(N)=O)cc2)CC1. The second-order valence-corrected chi connectivity index (χ2v) is 10.3. The third-order valence-corrected chi connectivity index (χ3v) is 6.36. The van der Waals surface area contributed by atoms with E-state index in [2.05, 4.69) is 4.98 Å². The molecule has 36 heavy (non-hydrogen) atoms. The second-order valence-electron chi connectivity index (χ2n) is 10.3. The van der Waals surface area contributed by atoms with Crippen LogP contribution in [0.4, 0.5) is 8.78 Å². The topological polar surface area (TPSA) is 95.4 Å². The quantitative estimate of drug-likeness (QED) is 0.418. The van der Waals surface area contributed by atoms with Gasteiger partial charge in [0.2, 0.25) is 5.89 Å². The highest BCUT2D eigenvalue weighted by atomic mass is 19.1. The van der Waals surface area contributed by atoms with E-state index in [0.717, 1.165) is 49.8 Å². The second kappa shape index (κ2) is 10.2. The van der Waals surface area contributed by atoms with Crippen LogP contribution < -0.4 is 5.73 Å². The predicted octanol–water partition coefficient (Wildman–Crippen LogP) is 6.08. The Labute approximate surface area is 208 Å². The first-order valence-electron chi connectivity index (χ1n) is 12.1. The maximum Gasteiger partial charge on any atom is 0.309 e. The molecule has 1 aliphatic rings. The summed E-state index contributed by atoms with van der Waals surface area (Å²) < 4.78 is 39.6. The van der Waals surface area contributed by atoms with E-state index in [4.69, 9.17) is 14.9 Å². The van der Waals surface area contributed by atoms with Crippen LogP contribution in [0.3, 0.4) is 0 Å². The maximum atomic E-state index is 14.2. The number of oxazole rings is 1. The van der Waals surface area contributed by atoms with Gasteiger partial charge in [-0.3, -0.25) is 9.59 Å². The van der Waals surface area contributed by atoms with Crippen molar-refractivity contribution >= 4 is 11.9 Å². The van der Waals surface area contributed by atoms with E-state index >= 15 is 0 Å². The summed E-state index contributed by atoms with van der Waals surface area (Å²) >= 11 is 0. The average molecular weight is 497 g/mol. The molecule has 2 aromatic carbocycles. The maximum absolute atomic E-state index is 14.2. The zero-order valence-electron chi connectivity index (χ0n) is 20.6. The molecule has 1 aliphatic carbocycles. The zero-order chi connectivity index (χ0) is 26.0. The van der Waals surface area contributed by atoms with E-state index in [9.17, 15) is 18.4 Å². The van der Waals surface area contributed by atoms with E-state index in [1.54, 1.807) is 12.1 Å². The Hall–Kier alpha value is -3.55. The molecule has 6 nitrogen and oxygen atoms in total. The molecule has 4 rings (SSSR count). The van der Waals surface area contributed by atoms with Gasteiger partial charge in [-0.1, -0.05) is 30.3 Å². The number of rotatable bonds is 6. The number of carbonyl (C=O) groups excluding carboxylic acids is 2. The van der Waals surface area contributed by atoms with Crippen molar-refractivity contribution < 1.29 is 27.5 Å². The molecule has 0 radical (unpaired) electrons. The van der Waals surface area contributed by atoms with Gasteiger partial charge >= 0.3 is 5.97 Å². The normalized spacial score (nSPS) is 18.1. The lowest BCUT2D eigenvalue weighted by atomic mass is 9.79. The van der Waals surface area contributed by atoms with Crippen molar-refractivity contribution in [3.63, 3.8) is 0 Å². The van der Waals surface area contributed by atoms with Gasteiger partial charge in [-0.2, -0.15) is 0 Å². The Kier molecular flexibility index (Phi) is 7.24. The smallest absolute Gasteiger partial charge is 0.309 e. The molecule has 8 heteroatoms. The van der Waals surface area contributed by atoms with Crippen molar-refractivity contribution in [2.45, 2.75) is 58.5 Å². The largest absolute Gasteiger partial charge is 0.460 e. The average Bonchev–Trinajstić information content (AvgIpc) is 3.24. The molecule has 0 bridgehead atoms. The van der Waals surface area contributed by atoms with Crippen LogP contribution in [0.25, 0.3) is 22.8 Å². The summed E-state index contributed by atoms with van der Waals surface area (Å²) in [5, 5.41) is 0. The standard InChI is InChI=1S/C28H30F2N2O4/c1-28(2,3)36-27(34)19-13-9-17(10-14-19)15-16-7-11-18(12-8-16)24-23(25(31)33)32-26(35-24)22-20(29)5-4-6-21(22)30/h4-8,11-12,17,19H,9-10,13-15H2,1-3H3,(H2,31,33). The molecular weight excluding hydrogens is 466 g/mol. The molecule has 1 heterocycles. The van der Waals surface area contributed by atoms with Crippen molar-refractivity contribution in [2.24, 2.45) is 17.6 Å². The summed E-state index contributed by atoms with van der Waals surface area (Å²) in [7, 11) is 0. The highest BCUT2D eigenvalue weighted by Crippen LogP contribution is 2.35. The number of primary amides is 1. The van der Waals surface area contributed by atoms with Gasteiger partial charge in [0.25, 0.3) is 5.91 Å². The molecule has 0 saturated heterocycles. The first kappa shape index (κ1) is 25.5. The van der Waals surface area contributed by atoms with Gasteiger partial charge in [-0.15, -0.1) is 0 Å². The first-order chi connectivity index (χ1) is 17.0. The number of aromatic nitrogens is 1. The number of esters is 1. The highest BCUT2D eigenvalue weighted by molar-refractivity contribution is 5.97. The van der Waals surface area contributed by atoms with E-state index in [-0.39, 0.29) is 29.2 Å². The summed E-state index contributed by atoms with van der Waals surface area (Å²) in [5.74, 6) is -2.55. The van der Waals surface area contributed by atoms with Gasteiger partial charge in [0.05, 0.1) is 5.92 Å². The van der Waals surface area contributed by atoms with Crippen LogP contribution in [0.1, 0.15) is 62.5 Å².